The molecule has 0 saturated heterocycles. The molecule has 0 saturated carbocycles. The van der Waals surface area contributed by atoms with Crippen molar-refractivity contribution in [1.29, 1.82) is 5.41 Å². The Hall–Kier alpha value is -4.18. The van der Waals surface area contributed by atoms with Crippen LogP contribution in [0.3, 0.4) is 0 Å². The number of hydrogen-bond donors (Lipinski definition) is 2. The number of para-hydroxylation sites is 1. The van der Waals surface area contributed by atoms with Gasteiger partial charge in [-0.15, -0.1) is 0 Å². The normalized spacial score (nSPS) is 11.8. The van der Waals surface area contributed by atoms with Gasteiger partial charge in [-0.2, -0.15) is 0 Å². The van der Waals surface area contributed by atoms with Gasteiger partial charge in [0.05, 0.1) is 0 Å². The molecule has 0 atom stereocenters. The number of nitrogens with one attached hydrogen (secondary N) is 1. The third-order valence-corrected chi connectivity index (χ3v) is 5.15. The van der Waals surface area contributed by atoms with Crippen LogP contribution in [-0.2, 0) is 0 Å². The van der Waals surface area contributed by atoms with Crippen LogP contribution in [-0.4, -0.2) is 11.7 Å². The molecule has 1 heterocycles. The van der Waals surface area contributed by atoms with Crippen LogP contribution < -0.4 is 5.73 Å². The van der Waals surface area contributed by atoms with Gasteiger partial charge in [0.1, 0.15) is 17.0 Å². The second-order valence-corrected chi connectivity index (χ2v) is 7.10. The lowest BCUT2D eigenvalue weighted by Gasteiger charge is -2.06. The van der Waals surface area contributed by atoms with Crippen molar-refractivity contribution >= 4 is 33.6 Å². The summed E-state index contributed by atoms with van der Waals surface area (Å²) < 4.78 is 5.86. The minimum atomic E-state index is 0.116. The van der Waals surface area contributed by atoms with Crippen molar-refractivity contribution < 1.29 is 4.42 Å². The van der Waals surface area contributed by atoms with Crippen LogP contribution in [0, 0.1) is 5.41 Å². The first-order chi connectivity index (χ1) is 14.7. The monoisotopic (exact) mass is 389 g/mol. The van der Waals surface area contributed by atoms with Crippen molar-refractivity contribution in [2.45, 2.75) is 0 Å². The Kier molecular flexibility index (Phi) is 4.37. The van der Waals surface area contributed by atoms with Crippen molar-refractivity contribution in [3.05, 3.63) is 108 Å². The van der Waals surface area contributed by atoms with Gasteiger partial charge in [0.25, 0.3) is 0 Å². The largest absolute Gasteiger partial charge is 0.456 e. The molecular formula is C26H19N3O. The lowest BCUT2D eigenvalue weighted by molar-refractivity contribution is 0.669. The Bertz CT molecular complexity index is 1410. The quantitative estimate of drug-likeness (QED) is 0.294. The van der Waals surface area contributed by atoms with Gasteiger partial charge in [0, 0.05) is 21.9 Å². The predicted octanol–water partition coefficient (Wildman–Crippen LogP) is 5.98. The van der Waals surface area contributed by atoms with E-state index in [2.05, 4.69) is 17.1 Å². The van der Waals surface area contributed by atoms with Crippen LogP contribution in [0.1, 0.15) is 11.1 Å². The van der Waals surface area contributed by atoms with E-state index < -0.39 is 0 Å². The summed E-state index contributed by atoms with van der Waals surface area (Å²) in [5, 5.41) is 10.5. The molecule has 0 unspecified atom stereocenters. The molecule has 0 fully saturated rings. The molecule has 5 aromatic rings. The first-order valence-electron chi connectivity index (χ1n) is 9.69. The van der Waals surface area contributed by atoms with Crippen LogP contribution in [0.5, 0.6) is 0 Å². The van der Waals surface area contributed by atoms with E-state index in [4.69, 9.17) is 15.6 Å². The molecule has 0 amide bonds. The molecule has 0 aliphatic carbocycles. The van der Waals surface area contributed by atoms with Crippen molar-refractivity contribution in [2.24, 2.45) is 10.7 Å². The summed E-state index contributed by atoms with van der Waals surface area (Å²) in [6.45, 7) is 0. The fourth-order valence-corrected chi connectivity index (χ4v) is 3.61. The number of aliphatic imine (C=N–C) groups is 1. The topological polar surface area (TPSA) is 75.4 Å². The smallest absolute Gasteiger partial charge is 0.154 e. The third kappa shape index (κ3) is 3.25. The standard InChI is InChI=1S/C26H19N3O/c27-25(19-10-6-9-18(15-19)17-7-2-1-3-8-17)29-26(28)20-13-14-24-22(16-20)21-11-4-5-12-23(21)30-24/h1-16H,(H3,27,28,29). The molecule has 0 aliphatic rings. The molecule has 0 aliphatic heterocycles. The molecule has 1 aromatic heterocycles. The summed E-state index contributed by atoms with van der Waals surface area (Å²) in [6, 6.07) is 31.5. The molecule has 144 valence electrons. The maximum absolute atomic E-state index is 8.47. The molecule has 4 nitrogen and oxygen atoms in total. The first-order valence-corrected chi connectivity index (χ1v) is 9.69. The highest BCUT2D eigenvalue weighted by atomic mass is 16.3. The second kappa shape index (κ2) is 7.33. The van der Waals surface area contributed by atoms with E-state index in [1.807, 2.05) is 84.9 Å². The summed E-state index contributed by atoms with van der Waals surface area (Å²) in [7, 11) is 0. The average molecular weight is 389 g/mol. The van der Waals surface area contributed by atoms with Gasteiger partial charge < -0.3 is 10.2 Å². The fourth-order valence-electron chi connectivity index (χ4n) is 3.61. The van der Waals surface area contributed by atoms with Gasteiger partial charge in [-0.25, -0.2) is 4.99 Å². The number of nitrogens with zero attached hydrogens (tertiary/aromatic N) is 1. The number of fused-ring (bicyclic) bond motifs is 3. The zero-order valence-electron chi connectivity index (χ0n) is 16.2. The SMILES string of the molecule is N=C(/N=C(\N)c1cccc(-c2ccccc2)c1)c1ccc2oc3ccccc3c2c1. The minimum Gasteiger partial charge on any atom is -0.456 e. The number of hydrogen-bond acceptors (Lipinski definition) is 2. The number of nitrogens with two attached hydrogens (primary N) is 1. The molecule has 4 aromatic carbocycles. The predicted molar refractivity (Wildman–Crippen MR) is 123 cm³/mol. The maximum atomic E-state index is 8.47. The van der Waals surface area contributed by atoms with E-state index in [-0.39, 0.29) is 5.84 Å². The van der Waals surface area contributed by atoms with E-state index in [0.29, 0.717) is 11.4 Å². The van der Waals surface area contributed by atoms with Gasteiger partial charge in [-0.1, -0.05) is 66.7 Å². The van der Waals surface area contributed by atoms with Crippen LogP contribution in [0.4, 0.5) is 0 Å². The van der Waals surface area contributed by atoms with Crippen molar-refractivity contribution in [3.8, 4) is 11.1 Å². The highest BCUT2D eigenvalue weighted by molar-refractivity contribution is 6.13. The Labute approximate surface area is 173 Å². The average Bonchev–Trinajstić information content (AvgIpc) is 3.17. The molecule has 0 bridgehead atoms. The summed E-state index contributed by atoms with van der Waals surface area (Å²) in [5.74, 6) is 0.430. The van der Waals surface area contributed by atoms with E-state index >= 15 is 0 Å². The summed E-state index contributed by atoms with van der Waals surface area (Å²) in [5.41, 5.74) is 11.5. The van der Waals surface area contributed by atoms with Gasteiger partial charge >= 0.3 is 0 Å². The molecule has 0 radical (unpaired) electrons. The highest BCUT2D eigenvalue weighted by Crippen LogP contribution is 2.29. The van der Waals surface area contributed by atoms with Gasteiger partial charge in [-0.3, -0.25) is 5.41 Å². The number of amidine groups is 2. The molecule has 4 heteroatoms. The first kappa shape index (κ1) is 17.9. The molecule has 0 spiro atoms. The van der Waals surface area contributed by atoms with Crippen molar-refractivity contribution in [2.75, 3.05) is 0 Å². The van der Waals surface area contributed by atoms with Gasteiger partial charge in [-0.05, 0) is 41.5 Å². The summed E-state index contributed by atoms with van der Waals surface area (Å²) in [6.07, 6.45) is 0. The molecule has 3 N–H and O–H groups in total. The van der Waals surface area contributed by atoms with Crippen LogP contribution in [0.15, 0.2) is 106 Å². The molecular weight excluding hydrogens is 370 g/mol. The lowest BCUT2D eigenvalue weighted by Crippen LogP contribution is -2.16. The zero-order chi connectivity index (χ0) is 20.5. The summed E-state index contributed by atoms with van der Waals surface area (Å²) >= 11 is 0. The van der Waals surface area contributed by atoms with E-state index in [1.54, 1.807) is 0 Å². The third-order valence-electron chi connectivity index (χ3n) is 5.15. The van der Waals surface area contributed by atoms with Crippen molar-refractivity contribution in [1.82, 2.24) is 0 Å². The lowest BCUT2D eigenvalue weighted by atomic mass is 10.0. The minimum absolute atomic E-state index is 0.116. The Morgan fingerprint density at radius 2 is 1.40 bits per heavy atom. The maximum Gasteiger partial charge on any atom is 0.154 e. The number of benzene rings is 4. The fraction of sp³-hybridized carbons (Fsp3) is 0. The second-order valence-electron chi connectivity index (χ2n) is 7.10. The van der Waals surface area contributed by atoms with Crippen LogP contribution >= 0.6 is 0 Å². The number of rotatable bonds is 3. The van der Waals surface area contributed by atoms with Crippen LogP contribution in [0.2, 0.25) is 0 Å². The van der Waals surface area contributed by atoms with E-state index in [0.717, 1.165) is 38.6 Å². The Morgan fingerprint density at radius 1 is 0.667 bits per heavy atom. The van der Waals surface area contributed by atoms with Crippen LogP contribution in [0.25, 0.3) is 33.1 Å². The Balaban J connectivity index is 1.49. The van der Waals surface area contributed by atoms with E-state index in [1.165, 1.54) is 0 Å². The van der Waals surface area contributed by atoms with Crippen molar-refractivity contribution in [3.63, 3.8) is 0 Å². The van der Waals surface area contributed by atoms with Gasteiger partial charge in [0.15, 0.2) is 5.84 Å². The van der Waals surface area contributed by atoms with E-state index in [9.17, 15) is 0 Å². The van der Waals surface area contributed by atoms with Gasteiger partial charge in [0.2, 0.25) is 0 Å². The summed E-state index contributed by atoms with van der Waals surface area (Å²) in [4.78, 5) is 4.37. The molecule has 30 heavy (non-hydrogen) atoms. The highest BCUT2D eigenvalue weighted by Gasteiger charge is 2.10. The number of furan rings is 1. The Morgan fingerprint density at radius 3 is 2.27 bits per heavy atom. The zero-order valence-corrected chi connectivity index (χ0v) is 16.2. The molecule has 5 rings (SSSR count).